The molecule has 2 unspecified atom stereocenters. The molecule has 0 saturated heterocycles. The van der Waals surface area contributed by atoms with Crippen molar-refractivity contribution in [2.75, 3.05) is 0 Å². The number of benzene rings is 1. The lowest BCUT2D eigenvalue weighted by Gasteiger charge is -2.29. The van der Waals surface area contributed by atoms with Crippen molar-refractivity contribution in [1.82, 2.24) is 5.32 Å². The highest BCUT2D eigenvalue weighted by molar-refractivity contribution is 5.85. The first-order valence-corrected chi connectivity index (χ1v) is 7.45. The van der Waals surface area contributed by atoms with E-state index in [1.807, 2.05) is 32.0 Å². The highest BCUT2D eigenvalue weighted by atomic mass is 16.4. The summed E-state index contributed by atoms with van der Waals surface area (Å²) in [6, 6.07) is 8.10. The molecular formula is C17H23NO3. The van der Waals surface area contributed by atoms with E-state index < -0.39 is 11.4 Å². The Kier molecular flexibility index (Phi) is 4.35. The molecular weight excluding hydrogens is 266 g/mol. The van der Waals surface area contributed by atoms with E-state index in [0.29, 0.717) is 0 Å². The van der Waals surface area contributed by atoms with Crippen LogP contribution in [0.1, 0.15) is 50.8 Å². The van der Waals surface area contributed by atoms with Crippen LogP contribution in [0.15, 0.2) is 24.3 Å². The highest BCUT2D eigenvalue weighted by Crippen LogP contribution is 2.34. The SMILES string of the molecule is CC(C)C(C)(CC(=O)NC1CCc2ccccc21)C(=O)O. The zero-order valence-electron chi connectivity index (χ0n) is 12.8. The van der Waals surface area contributed by atoms with Gasteiger partial charge in [0.15, 0.2) is 0 Å². The van der Waals surface area contributed by atoms with Gasteiger partial charge < -0.3 is 10.4 Å². The minimum absolute atomic E-state index is 0.0126. The molecule has 114 valence electrons. The smallest absolute Gasteiger partial charge is 0.310 e. The van der Waals surface area contributed by atoms with Crippen LogP contribution in [0.4, 0.5) is 0 Å². The quantitative estimate of drug-likeness (QED) is 0.876. The van der Waals surface area contributed by atoms with Crippen LogP contribution >= 0.6 is 0 Å². The number of rotatable bonds is 5. The van der Waals surface area contributed by atoms with Crippen LogP contribution in [0, 0.1) is 11.3 Å². The number of amides is 1. The fraction of sp³-hybridized carbons (Fsp3) is 0.529. The van der Waals surface area contributed by atoms with Gasteiger partial charge in [-0.25, -0.2) is 0 Å². The maximum atomic E-state index is 12.3. The monoisotopic (exact) mass is 289 g/mol. The van der Waals surface area contributed by atoms with E-state index in [9.17, 15) is 14.7 Å². The average Bonchev–Trinajstić information content (AvgIpc) is 2.81. The molecule has 0 aromatic heterocycles. The van der Waals surface area contributed by atoms with E-state index in [0.717, 1.165) is 18.4 Å². The van der Waals surface area contributed by atoms with E-state index >= 15 is 0 Å². The second-order valence-electron chi connectivity index (χ2n) is 6.41. The zero-order chi connectivity index (χ0) is 15.6. The fourth-order valence-corrected chi connectivity index (χ4v) is 2.81. The number of hydrogen-bond donors (Lipinski definition) is 2. The van der Waals surface area contributed by atoms with Gasteiger partial charge in [0, 0.05) is 6.42 Å². The molecule has 1 aliphatic carbocycles. The van der Waals surface area contributed by atoms with Crippen molar-refractivity contribution < 1.29 is 14.7 Å². The summed E-state index contributed by atoms with van der Waals surface area (Å²) in [5.41, 5.74) is 1.41. The molecule has 1 aromatic carbocycles. The van der Waals surface area contributed by atoms with E-state index in [4.69, 9.17) is 0 Å². The molecule has 2 N–H and O–H groups in total. The largest absolute Gasteiger partial charge is 0.481 e. The topological polar surface area (TPSA) is 66.4 Å². The molecule has 1 amide bonds. The molecule has 1 aromatic rings. The first-order valence-electron chi connectivity index (χ1n) is 7.45. The van der Waals surface area contributed by atoms with Crippen LogP contribution in [0.2, 0.25) is 0 Å². The van der Waals surface area contributed by atoms with Crippen molar-refractivity contribution >= 4 is 11.9 Å². The molecule has 0 saturated carbocycles. The second-order valence-corrected chi connectivity index (χ2v) is 6.41. The van der Waals surface area contributed by atoms with Crippen LogP contribution in [0.3, 0.4) is 0 Å². The van der Waals surface area contributed by atoms with Gasteiger partial charge in [-0.2, -0.15) is 0 Å². The lowest BCUT2D eigenvalue weighted by Crippen LogP contribution is -2.39. The van der Waals surface area contributed by atoms with Crippen LogP contribution < -0.4 is 5.32 Å². The van der Waals surface area contributed by atoms with E-state index in [1.54, 1.807) is 6.92 Å². The number of carbonyl (C=O) groups is 2. The number of aliphatic carboxylic acids is 1. The van der Waals surface area contributed by atoms with Crippen LogP contribution in [-0.2, 0) is 16.0 Å². The van der Waals surface area contributed by atoms with Gasteiger partial charge in [-0.3, -0.25) is 9.59 Å². The van der Waals surface area contributed by atoms with Gasteiger partial charge in [-0.15, -0.1) is 0 Å². The summed E-state index contributed by atoms with van der Waals surface area (Å²) in [6.45, 7) is 5.32. The summed E-state index contributed by atoms with van der Waals surface area (Å²) in [6.07, 6.45) is 1.86. The molecule has 0 heterocycles. The summed E-state index contributed by atoms with van der Waals surface area (Å²) >= 11 is 0. The Balaban J connectivity index is 2.05. The van der Waals surface area contributed by atoms with Gasteiger partial charge in [0.1, 0.15) is 0 Å². The van der Waals surface area contributed by atoms with Crippen LogP contribution in [0.25, 0.3) is 0 Å². The summed E-state index contributed by atoms with van der Waals surface area (Å²) in [7, 11) is 0. The van der Waals surface area contributed by atoms with E-state index in [1.165, 1.54) is 5.56 Å². The van der Waals surface area contributed by atoms with E-state index in [-0.39, 0.29) is 24.3 Å². The predicted molar refractivity (Wildman–Crippen MR) is 80.8 cm³/mol. The Morgan fingerprint density at radius 3 is 2.67 bits per heavy atom. The van der Waals surface area contributed by atoms with Crippen molar-refractivity contribution in [3.05, 3.63) is 35.4 Å². The lowest BCUT2D eigenvalue weighted by molar-refractivity contribution is -0.153. The third kappa shape index (κ3) is 3.09. The third-order valence-electron chi connectivity index (χ3n) is 4.76. The Morgan fingerprint density at radius 1 is 1.38 bits per heavy atom. The number of fused-ring (bicyclic) bond motifs is 1. The number of carboxylic acid groups (broad SMARTS) is 1. The van der Waals surface area contributed by atoms with E-state index in [2.05, 4.69) is 11.4 Å². The molecule has 0 aliphatic heterocycles. The first-order chi connectivity index (χ1) is 9.84. The first kappa shape index (κ1) is 15.5. The van der Waals surface area contributed by atoms with Gasteiger partial charge in [0.25, 0.3) is 0 Å². The minimum Gasteiger partial charge on any atom is -0.481 e. The predicted octanol–water partition coefficient (Wildman–Crippen LogP) is 2.93. The highest BCUT2D eigenvalue weighted by Gasteiger charge is 2.39. The molecule has 0 spiro atoms. The van der Waals surface area contributed by atoms with Gasteiger partial charge in [0.2, 0.25) is 5.91 Å². The summed E-state index contributed by atoms with van der Waals surface area (Å²) in [5.74, 6) is -1.20. The molecule has 0 fully saturated rings. The molecule has 4 heteroatoms. The zero-order valence-corrected chi connectivity index (χ0v) is 12.8. The maximum Gasteiger partial charge on any atom is 0.310 e. The second kappa shape index (κ2) is 5.88. The lowest BCUT2D eigenvalue weighted by atomic mass is 9.76. The maximum absolute atomic E-state index is 12.3. The molecule has 2 atom stereocenters. The summed E-state index contributed by atoms with van der Waals surface area (Å²) in [4.78, 5) is 23.7. The van der Waals surface area contributed by atoms with Crippen molar-refractivity contribution in [2.45, 2.75) is 46.1 Å². The van der Waals surface area contributed by atoms with Gasteiger partial charge in [-0.1, -0.05) is 38.1 Å². The average molecular weight is 289 g/mol. The van der Waals surface area contributed by atoms with Crippen molar-refractivity contribution in [3.63, 3.8) is 0 Å². The molecule has 4 nitrogen and oxygen atoms in total. The standard InChI is InChI=1S/C17H23NO3/c1-11(2)17(3,16(20)21)10-15(19)18-14-9-8-12-6-4-5-7-13(12)14/h4-7,11,14H,8-10H2,1-3H3,(H,18,19)(H,20,21). The molecule has 0 radical (unpaired) electrons. The van der Waals surface area contributed by atoms with Crippen molar-refractivity contribution in [2.24, 2.45) is 11.3 Å². The van der Waals surface area contributed by atoms with Crippen molar-refractivity contribution in [3.8, 4) is 0 Å². The van der Waals surface area contributed by atoms with Crippen molar-refractivity contribution in [1.29, 1.82) is 0 Å². The third-order valence-corrected chi connectivity index (χ3v) is 4.76. The Bertz CT molecular complexity index is 553. The Labute approximate surface area is 125 Å². The Morgan fingerprint density at radius 2 is 2.05 bits per heavy atom. The van der Waals surface area contributed by atoms with Crippen LogP contribution in [0.5, 0.6) is 0 Å². The van der Waals surface area contributed by atoms with Gasteiger partial charge in [0.05, 0.1) is 11.5 Å². The number of hydrogen-bond acceptors (Lipinski definition) is 2. The fourth-order valence-electron chi connectivity index (χ4n) is 2.81. The number of aryl methyl sites for hydroxylation is 1. The molecule has 1 aliphatic rings. The number of carbonyl (C=O) groups excluding carboxylic acids is 1. The van der Waals surface area contributed by atoms with Gasteiger partial charge >= 0.3 is 5.97 Å². The number of nitrogens with one attached hydrogen (secondary N) is 1. The molecule has 2 rings (SSSR count). The van der Waals surface area contributed by atoms with Crippen LogP contribution in [-0.4, -0.2) is 17.0 Å². The summed E-state index contributed by atoms with van der Waals surface area (Å²) < 4.78 is 0. The van der Waals surface area contributed by atoms with Gasteiger partial charge in [-0.05, 0) is 36.8 Å². The molecule has 21 heavy (non-hydrogen) atoms. The normalized spacial score (nSPS) is 19.9. The minimum atomic E-state index is -1.03. The Hall–Kier alpha value is -1.84. The molecule has 0 bridgehead atoms. The summed E-state index contributed by atoms with van der Waals surface area (Å²) in [5, 5.41) is 12.4. The number of carboxylic acids is 1.